The topological polar surface area (TPSA) is 66.0 Å². The fraction of sp³-hybridized carbons (Fsp3) is 0.130. The Labute approximate surface area is 198 Å². The van der Waals surface area contributed by atoms with Crippen LogP contribution in [-0.4, -0.2) is 16.9 Å². The molecule has 3 aromatic rings. The summed E-state index contributed by atoms with van der Waals surface area (Å²) in [6, 6.07) is 9.85. The number of nitrogens with two attached hydrogens (primary N) is 1. The molecule has 0 unspecified atom stereocenters. The van der Waals surface area contributed by atoms with Crippen molar-refractivity contribution in [3.8, 4) is 0 Å². The summed E-state index contributed by atoms with van der Waals surface area (Å²) in [5.74, 6) is 0. The Morgan fingerprint density at radius 1 is 0.722 bits per heavy atom. The summed E-state index contributed by atoms with van der Waals surface area (Å²) in [6.45, 7) is 0. The normalized spacial score (nSPS) is 13.0. The van der Waals surface area contributed by atoms with Gasteiger partial charge >= 0.3 is 18.5 Å². The Bertz CT molecular complexity index is 1200. The Kier molecular flexibility index (Phi) is 7.05. The summed E-state index contributed by atoms with van der Waals surface area (Å²) in [7, 11) is 0. The zero-order chi connectivity index (χ0) is 26.9. The summed E-state index contributed by atoms with van der Waals surface area (Å²) in [6.07, 6.45) is -12.7. The van der Waals surface area contributed by atoms with Crippen molar-refractivity contribution in [3.63, 3.8) is 0 Å². The molecule has 36 heavy (non-hydrogen) atoms. The Morgan fingerprint density at radius 3 is 1.56 bits per heavy atom. The molecule has 3 rings (SSSR count). The number of aromatic nitrogens is 1. The highest BCUT2D eigenvalue weighted by atomic mass is 19.4. The Morgan fingerprint density at radius 2 is 1.17 bits per heavy atom. The van der Waals surface area contributed by atoms with Gasteiger partial charge in [0, 0.05) is 23.3 Å². The number of nitrogens with one attached hydrogen (secondary N) is 1. The third kappa shape index (κ3) is 6.15. The van der Waals surface area contributed by atoms with Gasteiger partial charge in [-0.25, -0.2) is 0 Å². The lowest BCUT2D eigenvalue weighted by Crippen LogP contribution is -2.21. The Hall–Kier alpha value is -4.03. The quantitative estimate of drug-likeness (QED) is 0.274. The van der Waals surface area contributed by atoms with Gasteiger partial charge in [-0.1, -0.05) is 0 Å². The molecular weight excluding hydrogens is 503 g/mol. The summed E-state index contributed by atoms with van der Waals surface area (Å²) in [5, 5.41) is 7.89. The summed E-state index contributed by atoms with van der Waals surface area (Å²) >= 11 is 0. The number of nitrogens with zero attached hydrogens (tertiary/aromatic N) is 2. The highest BCUT2D eigenvalue weighted by Crippen LogP contribution is 2.38. The van der Waals surface area contributed by atoms with Crippen molar-refractivity contribution in [2.45, 2.75) is 18.5 Å². The van der Waals surface area contributed by atoms with E-state index >= 15 is 0 Å². The molecule has 0 saturated carbocycles. The fourth-order valence-corrected chi connectivity index (χ4v) is 3.06. The number of alkyl halides is 9. The number of hydrogen-bond donors (Lipinski definition) is 2. The van der Waals surface area contributed by atoms with Crippen molar-refractivity contribution in [1.29, 1.82) is 5.41 Å². The van der Waals surface area contributed by atoms with Crippen LogP contribution < -0.4 is 10.6 Å². The van der Waals surface area contributed by atoms with E-state index in [1.807, 2.05) is 0 Å². The first-order valence-corrected chi connectivity index (χ1v) is 9.81. The molecular formula is C23H15F9N4. The average Bonchev–Trinajstić information content (AvgIpc) is 2.78. The first-order valence-electron chi connectivity index (χ1n) is 9.81. The predicted molar refractivity (Wildman–Crippen MR) is 114 cm³/mol. The van der Waals surface area contributed by atoms with Gasteiger partial charge in [0.15, 0.2) is 0 Å². The maximum absolute atomic E-state index is 13.0. The van der Waals surface area contributed by atoms with E-state index in [1.54, 1.807) is 0 Å². The first kappa shape index (κ1) is 26.6. The second kappa shape index (κ2) is 9.55. The SMILES string of the molecule is N=C(C=C(N)C(F)(F)F)c1cc(N(c2ccc(C(F)(F)F)cc2)c2ccc(C(F)(F)F)cc2)ccn1. The van der Waals surface area contributed by atoms with Crippen LogP contribution in [0.5, 0.6) is 0 Å². The molecule has 0 bridgehead atoms. The van der Waals surface area contributed by atoms with Gasteiger partial charge in [-0.15, -0.1) is 0 Å². The minimum atomic E-state index is -4.89. The molecule has 4 nitrogen and oxygen atoms in total. The number of hydrogen-bond acceptors (Lipinski definition) is 4. The standard InChI is InChI=1S/C23H15F9N4/c24-21(25,26)13-1-5-15(6-2-13)36(16-7-3-14(4-8-16)22(27,28)29)17-9-10-35-19(11-17)18(33)12-20(34)23(30,31)32/h1-12,33H,34H2. The molecule has 2 aromatic carbocycles. The van der Waals surface area contributed by atoms with E-state index in [2.05, 4.69) is 4.98 Å². The molecule has 0 saturated heterocycles. The van der Waals surface area contributed by atoms with Gasteiger partial charge in [0.25, 0.3) is 0 Å². The van der Waals surface area contributed by atoms with E-state index in [0.29, 0.717) is 6.08 Å². The van der Waals surface area contributed by atoms with E-state index in [1.165, 1.54) is 11.0 Å². The van der Waals surface area contributed by atoms with Crippen LogP contribution in [0.3, 0.4) is 0 Å². The number of benzene rings is 2. The van der Waals surface area contributed by atoms with Crippen molar-refractivity contribution in [3.05, 3.63) is 95.5 Å². The molecule has 1 aromatic heterocycles. The second-order valence-corrected chi connectivity index (χ2v) is 7.34. The third-order valence-corrected chi connectivity index (χ3v) is 4.81. The second-order valence-electron chi connectivity index (χ2n) is 7.34. The molecule has 0 aliphatic carbocycles. The van der Waals surface area contributed by atoms with Gasteiger partial charge in [0.05, 0.1) is 22.5 Å². The fourth-order valence-electron chi connectivity index (χ4n) is 3.06. The zero-order valence-electron chi connectivity index (χ0n) is 17.8. The minimum absolute atomic E-state index is 0.0942. The molecule has 0 atom stereocenters. The van der Waals surface area contributed by atoms with Gasteiger partial charge in [0.1, 0.15) is 5.70 Å². The first-order chi connectivity index (χ1) is 16.6. The maximum atomic E-state index is 13.0. The van der Waals surface area contributed by atoms with Crippen LogP contribution in [-0.2, 0) is 12.4 Å². The minimum Gasteiger partial charge on any atom is -0.395 e. The lowest BCUT2D eigenvalue weighted by atomic mass is 10.1. The van der Waals surface area contributed by atoms with Crippen LogP contribution in [0.15, 0.2) is 78.6 Å². The molecule has 1 heterocycles. The van der Waals surface area contributed by atoms with Crippen LogP contribution in [0, 0.1) is 5.41 Å². The lowest BCUT2D eigenvalue weighted by Gasteiger charge is -2.26. The summed E-state index contributed by atoms with van der Waals surface area (Å²) in [4.78, 5) is 5.08. The van der Waals surface area contributed by atoms with E-state index in [4.69, 9.17) is 11.1 Å². The number of halogens is 9. The van der Waals surface area contributed by atoms with Gasteiger partial charge < -0.3 is 10.6 Å². The van der Waals surface area contributed by atoms with Crippen LogP contribution in [0.1, 0.15) is 16.8 Å². The van der Waals surface area contributed by atoms with Crippen LogP contribution in [0.2, 0.25) is 0 Å². The number of rotatable bonds is 5. The summed E-state index contributed by atoms with van der Waals surface area (Å²) < 4.78 is 116. The van der Waals surface area contributed by atoms with Gasteiger partial charge in [-0.05, 0) is 66.7 Å². The number of pyridine rings is 1. The predicted octanol–water partition coefficient (Wildman–Crippen LogP) is 7.36. The molecule has 0 amide bonds. The van der Waals surface area contributed by atoms with Crippen molar-refractivity contribution in [1.82, 2.24) is 4.98 Å². The lowest BCUT2D eigenvalue weighted by molar-refractivity contribution is -0.138. The van der Waals surface area contributed by atoms with E-state index in [0.717, 1.165) is 60.8 Å². The van der Waals surface area contributed by atoms with Crippen molar-refractivity contribution in [2.75, 3.05) is 4.90 Å². The van der Waals surface area contributed by atoms with E-state index < -0.39 is 41.1 Å². The van der Waals surface area contributed by atoms with Crippen molar-refractivity contribution < 1.29 is 39.5 Å². The van der Waals surface area contributed by atoms with Gasteiger partial charge in [-0.2, -0.15) is 39.5 Å². The molecule has 0 spiro atoms. The largest absolute Gasteiger partial charge is 0.430 e. The van der Waals surface area contributed by atoms with E-state index in [-0.39, 0.29) is 22.8 Å². The Balaban J connectivity index is 2.11. The van der Waals surface area contributed by atoms with Crippen LogP contribution >= 0.6 is 0 Å². The van der Waals surface area contributed by atoms with Crippen molar-refractivity contribution in [2.24, 2.45) is 5.73 Å². The molecule has 13 heteroatoms. The molecule has 0 radical (unpaired) electrons. The average molecular weight is 518 g/mol. The summed E-state index contributed by atoms with van der Waals surface area (Å²) in [5.41, 5.74) is 0.747. The highest BCUT2D eigenvalue weighted by molar-refractivity contribution is 6.06. The van der Waals surface area contributed by atoms with Gasteiger partial charge in [-0.3, -0.25) is 10.4 Å². The number of anilines is 3. The molecule has 190 valence electrons. The highest BCUT2D eigenvalue weighted by Gasteiger charge is 2.33. The maximum Gasteiger partial charge on any atom is 0.430 e. The van der Waals surface area contributed by atoms with E-state index in [9.17, 15) is 39.5 Å². The van der Waals surface area contributed by atoms with Crippen LogP contribution in [0.25, 0.3) is 0 Å². The number of allylic oxidation sites excluding steroid dienone is 2. The molecule has 0 aliphatic heterocycles. The van der Waals surface area contributed by atoms with Gasteiger partial charge in [0.2, 0.25) is 0 Å². The monoisotopic (exact) mass is 518 g/mol. The molecule has 0 fully saturated rings. The molecule has 0 aliphatic rings. The molecule has 3 N–H and O–H groups in total. The van der Waals surface area contributed by atoms with Crippen molar-refractivity contribution >= 4 is 22.8 Å². The smallest absolute Gasteiger partial charge is 0.395 e. The zero-order valence-corrected chi connectivity index (χ0v) is 17.8. The third-order valence-electron chi connectivity index (χ3n) is 4.81. The van der Waals surface area contributed by atoms with Crippen LogP contribution in [0.4, 0.5) is 56.6 Å².